The molecule has 1 aromatic carbocycles. The molecular formula is C16H20N2S. The Labute approximate surface area is 118 Å². The average molecular weight is 272 g/mol. The molecule has 19 heavy (non-hydrogen) atoms. The van der Waals surface area contributed by atoms with Gasteiger partial charge in [-0.15, -0.1) is 11.3 Å². The topological polar surface area (TPSA) is 24.9 Å². The molecule has 1 aliphatic carbocycles. The Bertz CT molecular complexity index is 586. The summed E-state index contributed by atoms with van der Waals surface area (Å²) in [5.41, 5.74) is 4.37. The number of hydrogen-bond donors (Lipinski definition) is 1. The number of rotatable bonds is 3. The Morgan fingerprint density at radius 1 is 1.37 bits per heavy atom. The van der Waals surface area contributed by atoms with E-state index in [0.29, 0.717) is 6.04 Å². The monoisotopic (exact) mass is 272 g/mol. The van der Waals surface area contributed by atoms with E-state index in [0.717, 1.165) is 23.7 Å². The van der Waals surface area contributed by atoms with Crippen LogP contribution in [0.4, 0.5) is 0 Å². The van der Waals surface area contributed by atoms with Gasteiger partial charge in [0.15, 0.2) is 0 Å². The Balaban J connectivity index is 1.79. The zero-order chi connectivity index (χ0) is 13.5. The predicted octanol–water partition coefficient (Wildman–Crippen LogP) is 3.86. The normalized spacial score (nSPS) is 20.5. The van der Waals surface area contributed by atoms with Crippen molar-refractivity contribution in [2.75, 3.05) is 0 Å². The molecule has 1 aliphatic rings. The highest BCUT2D eigenvalue weighted by Gasteiger charge is 2.38. The van der Waals surface area contributed by atoms with Crippen molar-refractivity contribution in [1.82, 2.24) is 10.3 Å². The lowest BCUT2D eigenvalue weighted by atomic mass is 9.85. The standard InChI is InChI=1S/C16H20N2S/c1-11-18-13(10-19-11)9-17-15-14-7-5-4-6-12(14)8-16(15,2)3/h4-7,10,15,17H,8-9H2,1-3H3. The van der Waals surface area contributed by atoms with Gasteiger partial charge in [-0.2, -0.15) is 0 Å². The fourth-order valence-electron chi connectivity index (χ4n) is 3.07. The van der Waals surface area contributed by atoms with Crippen molar-refractivity contribution in [2.45, 2.75) is 39.8 Å². The van der Waals surface area contributed by atoms with Crippen LogP contribution < -0.4 is 5.32 Å². The van der Waals surface area contributed by atoms with Crippen LogP contribution in [0.1, 0.15) is 41.7 Å². The van der Waals surface area contributed by atoms with Crippen molar-refractivity contribution in [3.63, 3.8) is 0 Å². The summed E-state index contributed by atoms with van der Waals surface area (Å²) in [4.78, 5) is 4.53. The van der Waals surface area contributed by atoms with Crippen LogP contribution >= 0.6 is 11.3 Å². The van der Waals surface area contributed by atoms with E-state index in [1.165, 1.54) is 11.1 Å². The van der Waals surface area contributed by atoms with Crippen LogP contribution in [0.2, 0.25) is 0 Å². The predicted molar refractivity (Wildman–Crippen MR) is 80.4 cm³/mol. The molecule has 0 spiro atoms. The fourth-order valence-corrected chi connectivity index (χ4v) is 3.69. The molecule has 0 bridgehead atoms. The number of fused-ring (bicyclic) bond motifs is 1. The van der Waals surface area contributed by atoms with Crippen molar-refractivity contribution in [3.05, 3.63) is 51.5 Å². The second-order valence-corrected chi connectivity index (χ2v) is 7.10. The molecule has 1 heterocycles. The molecule has 2 aromatic rings. The second kappa shape index (κ2) is 4.73. The first-order chi connectivity index (χ1) is 9.06. The SMILES string of the molecule is Cc1nc(CNC2c3ccccc3CC2(C)C)cs1. The Morgan fingerprint density at radius 2 is 2.16 bits per heavy atom. The molecule has 1 N–H and O–H groups in total. The smallest absolute Gasteiger partial charge is 0.0897 e. The Morgan fingerprint density at radius 3 is 2.89 bits per heavy atom. The first-order valence-corrected chi connectivity index (χ1v) is 7.66. The second-order valence-electron chi connectivity index (χ2n) is 6.04. The molecule has 1 aromatic heterocycles. The van der Waals surface area contributed by atoms with Gasteiger partial charge < -0.3 is 5.32 Å². The molecule has 100 valence electrons. The van der Waals surface area contributed by atoms with E-state index in [2.05, 4.69) is 60.7 Å². The van der Waals surface area contributed by atoms with Gasteiger partial charge in [-0.3, -0.25) is 0 Å². The number of nitrogens with zero attached hydrogens (tertiary/aromatic N) is 1. The van der Waals surface area contributed by atoms with Crippen LogP contribution in [0.3, 0.4) is 0 Å². The van der Waals surface area contributed by atoms with Crippen LogP contribution in [0.25, 0.3) is 0 Å². The first-order valence-electron chi connectivity index (χ1n) is 6.78. The highest BCUT2D eigenvalue weighted by molar-refractivity contribution is 7.09. The molecule has 1 atom stereocenters. The van der Waals surface area contributed by atoms with Crippen molar-refractivity contribution >= 4 is 11.3 Å². The zero-order valence-electron chi connectivity index (χ0n) is 11.7. The maximum atomic E-state index is 4.53. The highest BCUT2D eigenvalue weighted by atomic mass is 32.1. The number of nitrogens with one attached hydrogen (secondary N) is 1. The summed E-state index contributed by atoms with van der Waals surface area (Å²) in [7, 11) is 0. The maximum Gasteiger partial charge on any atom is 0.0897 e. The molecule has 3 rings (SSSR count). The van der Waals surface area contributed by atoms with Crippen LogP contribution in [0, 0.1) is 12.3 Å². The average Bonchev–Trinajstić information content (AvgIpc) is 2.87. The third kappa shape index (κ3) is 2.45. The number of aromatic nitrogens is 1. The minimum Gasteiger partial charge on any atom is -0.304 e. The number of aryl methyl sites for hydroxylation is 1. The van der Waals surface area contributed by atoms with E-state index in [4.69, 9.17) is 0 Å². The van der Waals surface area contributed by atoms with Crippen molar-refractivity contribution in [1.29, 1.82) is 0 Å². The van der Waals surface area contributed by atoms with E-state index in [1.807, 2.05) is 0 Å². The van der Waals surface area contributed by atoms with Gasteiger partial charge in [0.25, 0.3) is 0 Å². The third-order valence-electron chi connectivity index (χ3n) is 3.95. The molecule has 1 unspecified atom stereocenters. The summed E-state index contributed by atoms with van der Waals surface area (Å²) in [6, 6.07) is 9.22. The van der Waals surface area contributed by atoms with Gasteiger partial charge in [-0.25, -0.2) is 4.98 Å². The van der Waals surface area contributed by atoms with E-state index >= 15 is 0 Å². The van der Waals surface area contributed by atoms with Crippen LogP contribution in [-0.4, -0.2) is 4.98 Å². The van der Waals surface area contributed by atoms with Crippen LogP contribution in [-0.2, 0) is 13.0 Å². The highest BCUT2D eigenvalue weighted by Crippen LogP contribution is 2.45. The molecule has 0 amide bonds. The summed E-state index contributed by atoms with van der Waals surface area (Å²) in [5.74, 6) is 0. The van der Waals surface area contributed by atoms with Gasteiger partial charge in [0.1, 0.15) is 0 Å². The largest absolute Gasteiger partial charge is 0.304 e. The maximum absolute atomic E-state index is 4.53. The summed E-state index contributed by atoms with van der Waals surface area (Å²) >= 11 is 1.72. The summed E-state index contributed by atoms with van der Waals surface area (Å²) in [6.07, 6.45) is 1.15. The molecule has 0 saturated heterocycles. The third-order valence-corrected chi connectivity index (χ3v) is 4.77. The van der Waals surface area contributed by atoms with Crippen LogP contribution in [0.5, 0.6) is 0 Å². The molecule has 0 aliphatic heterocycles. The number of thiazole rings is 1. The van der Waals surface area contributed by atoms with Gasteiger partial charge >= 0.3 is 0 Å². The van der Waals surface area contributed by atoms with Gasteiger partial charge in [-0.05, 0) is 29.9 Å². The van der Waals surface area contributed by atoms with Gasteiger partial charge in [0.05, 0.1) is 10.7 Å². The first kappa shape index (κ1) is 12.8. The quantitative estimate of drug-likeness (QED) is 0.917. The van der Waals surface area contributed by atoms with Crippen molar-refractivity contribution in [2.24, 2.45) is 5.41 Å². The lowest BCUT2D eigenvalue weighted by Gasteiger charge is -2.28. The number of hydrogen-bond acceptors (Lipinski definition) is 3. The van der Waals surface area contributed by atoms with Gasteiger partial charge in [0.2, 0.25) is 0 Å². The van der Waals surface area contributed by atoms with E-state index in [9.17, 15) is 0 Å². The van der Waals surface area contributed by atoms with Crippen LogP contribution in [0.15, 0.2) is 29.6 Å². The molecule has 0 saturated carbocycles. The van der Waals surface area contributed by atoms with E-state index < -0.39 is 0 Å². The summed E-state index contributed by atoms with van der Waals surface area (Å²) < 4.78 is 0. The Kier molecular flexibility index (Phi) is 3.19. The molecular weight excluding hydrogens is 252 g/mol. The summed E-state index contributed by atoms with van der Waals surface area (Å²) in [6.45, 7) is 7.60. The lowest BCUT2D eigenvalue weighted by molar-refractivity contribution is 0.267. The van der Waals surface area contributed by atoms with Gasteiger partial charge in [0, 0.05) is 18.0 Å². The minimum absolute atomic E-state index is 0.273. The number of benzene rings is 1. The van der Waals surface area contributed by atoms with Crippen molar-refractivity contribution < 1.29 is 0 Å². The molecule has 0 fully saturated rings. The van der Waals surface area contributed by atoms with E-state index in [1.54, 1.807) is 11.3 Å². The van der Waals surface area contributed by atoms with Gasteiger partial charge in [-0.1, -0.05) is 38.1 Å². The summed E-state index contributed by atoms with van der Waals surface area (Å²) in [5, 5.41) is 6.99. The Hall–Kier alpha value is -1.19. The zero-order valence-corrected chi connectivity index (χ0v) is 12.6. The fraction of sp³-hybridized carbons (Fsp3) is 0.438. The minimum atomic E-state index is 0.273. The molecule has 2 nitrogen and oxygen atoms in total. The molecule has 3 heteroatoms. The lowest BCUT2D eigenvalue weighted by Crippen LogP contribution is -2.30. The van der Waals surface area contributed by atoms with E-state index in [-0.39, 0.29) is 5.41 Å². The van der Waals surface area contributed by atoms with Crippen molar-refractivity contribution in [3.8, 4) is 0 Å². The molecule has 0 radical (unpaired) electrons.